The number of fused-ring (bicyclic) bond motifs is 1. The topological polar surface area (TPSA) is 35.2 Å². The number of halogens is 2. The maximum atomic E-state index is 13.6. The highest BCUT2D eigenvalue weighted by Gasteiger charge is 2.16. The van der Waals surface area contributed by atoms with E-state index in [-0.39, 0.29) is 6.04 Å². The molecular formula is C16H15F2NO. The minimum Gasteiger partial charge on any atom is -0.493 e. The van der Waals surface area contributed by atoms with Gasteiger partial charge in [0.05, 0.1) is 6.61 Å². The Kier molecular flexibility index (Phi) is 3.40. The lowest BCUT2D eigenvalue weighted by atomic mass is 9.97. The lowest BCUT2D eigenvalue weighted by Crippen LogP contribution is -2.14. The first-order valence-corrected chi connectivity index (χ1v) is 6.58. The van der Waals surface area contributed by atoms with E-state index in [1.165, 1.54) is 12.1 Å². The second-order valence-corrected chi connectivity index (χ2v) is 5.01. The van der Waals surface area contributed by atoms with Gasteiger partial charge in [-0.25, -0.2) is 8.78 Å². The summed E-state index contributed by atoms with van der Waals surface area (Å²) in [6, 6.07) is 9.07. The molecule has 1 aliphatic rings. The van der Waals surface area contributed by atoms with Gasteiger partial charge < -0.3 is 10.5 Å². The molecule has 0 aliphatic carbocycles. The Morgan fingerprint density at radius 1 is 1.15 bits per heavy atom. The average Bonchev–Trinajstić information content (AvgIpc) is 2.89. The van der Waals surface area contributed by atoms with Gasteiger partial charge in [0, 0.05) is 18.5 Å². The van der Waals surface area contributed by atoms with Crippen LogP contribution in [0.5, 0.6) is 5.75 Å². The van der Waals surface area contributed by atoms with Gasteiger partial charge in [-0.05, 0) is 35.2 Å². The predicted molar refractivity (Wildman–Crippen MR) is 72.6 cm³/mol. The van der Waals surface area contributed by atoms with Gasteiger partial charge in [-0.15, -0.1) is 0 Å². The van der Waals surface area contributed by atoms with E-state index >= 15 is 0 Å². The summed E-state index contributed by atoms with van der Waals surface area (Å²) >= 11 is 0. The number of benzene rings is 2. The fourth-order valence-electron chi connectivity index (χ4n) is 2.48. The molecule has 2 N–H and O–H groups in total. The van der Waals surface area contributed by atoms with E-state index in [4.69, 9.17) is 10.5 Å². The van der Waals surface area contributed by atoms with Crippen molar-refractivity contribution < 1.29 is 13.5 Å². The first kappa shape index (κ1) is 13.1. The summed E-state index contributed by atoms with van der Waals surface area (Å²) in [6.07, 6.45) is 1.21. The van der Waals surface area contributed by atoms with Crippen molar-refractivity contribution in [2.45, 2.75) is 18.9 Å². The number of ether oxygens (including phenoxy) is 1. The molecular weight excluding hydrogens is 260 g/mol. The van der Waals surface area contributed by atoms with Crippen LogP contribution in [0.25, 0.3) is 0 Å². The molecule has 2 nitrogen and oxygen atoms in total. The summed E-state index contributed by atoms with van der Waals surface area (Å²) in [5, 5.41) is 0. The first-order valence-electron chi connectivity index (χ1n) is 6.58. The predicted octanol–water partition coefficient (Wildman–Crippen LogP) is 3.14. The fraction of sp³-hybridized carbons (Fsp3) is 0.250. The maximum absolute atomic E-state index is 13.6. The Hall–Kier alpha value is -1.94. The monoisotopic (exact) mass is 275 g/mol. The van der Waals surface area contributed by atoms with E-state index in [2.05, 4.69) is 0 Å². The van der Waals surface area contributed by atoms with Crippen molar-refractivity contribution in [1.29, 1.82) is 0 Å². The van der Waals surface area contributed by atoms with Crippen LogP contribution in [0, 0.1) is 11.6 Å². The van der Waals surface area contributed by atoms with Crippen LogP contribution in [0.15, 0.2) is 36.4 Å². The van der Waals surface area contributed by atoms with E-state index < -0.39 is 11.6 Å². The molecule has 0 aromatic heterocycles. The van der Waals surface area contributed by atoms with Gasteiger partial charge in [-0.3, -0.25) is 0 Å². The number of hydrogen-bond acceptors (Lipinski definition) is 2. The highest BCUT2D eigenvalue weighted by atomic mass is 19.1. The minimum absolute atomic E-state index is 0.319. The Balaban J connectivity index is 1.80. The molecule has 3 rings (SSSR count). The van der Waals surface area contributed by atoms with Gasteiger partial charge in [-0.2, -0.15) is 0 Å². The minimum atomic E-state index is -0.575. The molecule has 0 saturated carbocycles. The lowest BCUT2D eigenvalue weighted by molar-refractivity contribution is 0.357. The molecule has 0 amide bonds. The van der Waals surface area contributed by atoms with Crippen LogP contribution in [-0.4, -0.2) is 6.61 Å². The van der Waals surface area contributed by atoms with Gasteiger partial charge in [0.15, 0.2) is 0 Å². The fourth-order valence-corrected chi connectivity index (χ4v) is 2.48. The third-order valence-corrected chi connectivity index (χ3v) is 3.60. The number of nitrogens with two attached hydrogens (primary N) is 1. The third-order valence-electron chi connectivity index (χ3n) is 3.60. The highest BCUT2D eigenvalue weighted by Crippen LogP contribution is 2.28. The lowest BCUT2D eigenvalue weighted by Gasteiger charge is -2.14. The zero-order valence-electron chi connectivity index (χ0n) is 10.9. The van der Waals surface area contributed by atoms with E-state index in [0.717, 1.165) is 29.4 Å². The molecule has 104 valence electrons. The van der Waals surface area contributed by atoms with Crippen molar-refractivity contribution >= 4 is 0 Å². The largest absolute Gasteiger partial charge is 0.493 e. The van der Waals surface area contributed by atoms with Crippen LogP contribution >= 0.6 is 0 Å². The molecule has 0 bridgehead atoms. The van der Waals surface area contributed by atoms with Crippen molar-refractivity contribution in [3.63, 3.8) is 0 Å². The van der Waals surface area contributed by atoms with Crippen LogP contribution in [0.2, 0.25) is 0 Å². The van der Waals surface area contributed by atoms with Gasteiger partial charge in [0.1, 0.15) is 17.4 Å². The smallest absolute Gasteiger partial charge is 0.129 e. The zero-order valence-corrected chi connectivity index (χ0v) is 10.9. The summed E-state index contributed by atoms with van der Waals surface area (Å²) < 4.78 is 31.9. The Morgan fingerprint density at radius 2 is 2.00 bits per heavy atom. The van der Waals surface area contributed by atoms with Crippen molar-refractivity contribution in [2.24, 2.45) is 5.73 Å². The summed E-state index contributed by atoms with van der Waals surface area (Å²) in [7, 11) is 0. The van der Waals surface area contributed by atoms with Gasteiger partial charge in [0.25, 0.3) is 0 Å². The van der Waals surface area contributed by atoms with Crippen LogP contribution in [0.1, 0.15) is 22.7 Å². The van der Waals surface area contributed by atoms with Crippen LogP contribution in [0.4, 0.5) is 8.78 Å². The quantitative estimate of drug-likeness (QED) is 0.934. The van der Waals surface area contributed by atoms with Crippen molar-refractivity contribution in [3.8, 4) is 5.75 Å². The third kappa shape index (κ3) is 2.51. The van der Waals surface area contributed by atoms with Gasteiger partial charge >= 0.3 is 0 Å². The van der Waals surface area contributed by atoms with Crippen LogP contribution < -0.4 is 10.5 Å². The molecule has 0 radical (unpaired) electrons. The average molecular weight is 275 g/mol. The zero-order chi connectivity index (χ0) is 14.1. The normalized spacial score (nSPS) is 14.8. The maximum Gasteiger partial charge on any atom is 0.129 e. The van der Waals surface area contributed by atoms with E-state index in [1.54, 1.807) is 0 Å². The second-order valence-electron chi connectivity index (χ2n) is 5.01. The molecule has 0 spiro atoms. The first-order chi connectivity index (χ1) is 9.63. The highest BCUT2D eigenvalue weighted by molar-refractivity contribution is 5.41. The summed E-state index contributed by atoms with van der Waals surface area (Å²) in [6.45, 7) is 0.695. The summed E-state index contributed by atoms with van der Waals surface area (Å²) in [5.41, 5.74) is 8.63. The van der Waals surface area contributed by atoms with E-state index in [1.807, 2.05) is 18.2 Å². The number of hydrogen-bond donors (Lipinski definition) is 1. The molecule has 0 fully saturated rings. The van der Waals surface area contributed by atoms with E-state index in [9.17, 15) is 8.78 Å². The van der Waals surface area contributed by atoms with Crippen LogP contribution in [0.3, 0.4) is 0 Å². The van der Waals surface area contributed by atoms with Crippen molar-refractivity contribution in [1.82, 2.24) is 0 Å². The molecule has 0 saturated heterocycles. The molecule has 4 heteroatoms. The van der Waals surface area contributed by atoms with Gasteiger partial charge in [0.2, 0.25) is 0 Å². The van der Waals surface area contributed by atoms with Crippen molar-refractivity contribution in [2.75, 3.05) is 6.61 Å². The van der Waals surface area contributed by atoms with Gasteiger partial charge in [-0.1, -0.05) is 18.2 Å². The molecule has 1 unspecified atom stereocenters. The Labute approximate surface area is 116 Å². The summed E-state index contributed by atoms with van der Waals surface area (Å²) in [5.74, 6) is -0.228. The van der Waals surface area contributed by atoms with Crippen molar-refractivity contribution in [3.05, 3.63) is 64.7 Å². The molecule has 1 aliphatic heterocycles. The summed E-state index contributed by atoms with van der Waals surface area (Å²) in [4.78, 5) is 0. The number of rotatable bonds is 3. The molecule has 2 aromatic rings. The van der Waals surface area contributed by atoms with Crippen LogP contribution in [-0.2, 0) is 12.8 Å². The molecule has 1 heterocycles. The molecule has 2 aromatic carbocycles. The Bertz CT molecular complexity index is 642. The Morgan fingerprint density at radius 3 is 2.80 bits per heavy atom. The second kappa shape index (κ2) is 5.21. The molecule has 20 heavy (non-hydrogen) atoms. The SMILES string of the molecule is NC(Cc1ccc(F)cc1F)c1ccc2c(c1)CCO2. The molecule has 1 atom stereocenters. The standard InChI is InChI=1S/C16H15F2NO/c17-13-3-1-10(14(18)9-13)8-15(19)11-2-4-16-12(7-11)5-6-20-16/h1-4,7,9,15H,5-6,8,19H2. The van der Waals surface area contributed by atoms with E-state index in [0.29, 0.717) is 18.6 Å².